The van der Waals surface area contributed by atoms with Crippen LogP contribution in [0, 0.1) is 13.8 Å². The van der Waals surface area contributed by atoms with Gasteiger partial charge < -0.3 is 10.2 Å². The highest BCUT2D eigenvalue weighted by molar-refractivity contribution is 5.96. The van der Waals surface area contributed by atoms with Gasteiger partial charge in [0, 0.05) is 18.3 Å². The smallest absolute Gasteiger partial charge is 0.255 e. The van der Waals surface area contributed by atoms with Crippen molar-refractivity contribution in [1.82, 2.24) is 20.4 Å². The molecule has 0 saturated carbocycles. The first-order chi connectivity index (χ1) is 8.59. The molecular formula is C13H22N4O. The summed E-state index contributed by atoms with van der Waals surface area (Å²) in [6.45, 7) is 5.58. The van der Waals surface area contributed by atoms with E-state index in [0.29, 0.717) is 11.6 Å². The van der Waals surface area contributed by atoms with Crippen molar-refractivity contribution in [1.29, 1.82) is 0 Å². The molecule has 1 saturated heterocycles. The third-order valence-corrected chi connectivity index (χ3v) is 3.77. The maximum atomic E-state index is 12.1. The Morgan fingerprint density at radius 1 is 1.50 bits per heavy atom. The Balaban J connectivity index is 1.92. The number of likely N-dealkylation sites (N-methyl/N-ethyl adjacent to an activating group) is 1. The normalized spacial score (nSPS) is 20.9. The molecule has 1 atom stereocenters. The van der Waals surface area contributed by atoms with E-state index in [-0.39, 0.29) is 5.91 Å². The molecule has 1 unspecified atom stereocenters. The van der Waals surface area contributed by atoms with Crippen LogP contribution < -0.4 is 5.32 Å². The second-order valence-corrected chi connectivity index (χ2v) is 5.15. The first-order valence-corrected chi connectivity index (χ1v) is 6.59. The summed E-state index contributed by atoms with van der Waals surface area (Å²) in [5, 5.41) is 9.92. The Morgan fingerprint density at radius 2 is 2.28 bits per heavy atom. The van der Waals surface area contributed by atoms with Crippen molar-refractivity contribution in [3.05, 3.63) is 17.0 Å². The van der Waals surface area contributed by atoms with Crippen LogP contribution in [0.5, 0.6) is 0 Å². The van der Waals surface area contributed by atoms with E-state index < -0.39 is 0 Å². The molecule has 5 nitrogen and oxygen atoms in total. The van der Waals surface area contributed by atoms with Gasteiger partial charge in [-0.3, -0.25) is 9.89 Å². The zero-order valence-electron chi connectivity index (χ0n) is 11.4. The van der Waals surface area contributed by atoms with Crippen molar-refractivity contribution in [2.24, 2.45) is 0 Å². The van der Waals surface area contributed by atoms with Gasteiger partial charge in [-0.05, 0) is 40.3 Å². The van der Waals surface area contributed by atoms with Gasteiger partial charge in [0.05, 0.1) is 11.3 Å². The van der Waals surface area contributed by atoms with Crippen LogP contribution in [0.2, 0.25) is 0 Å². The van der Waals surface area contributed by atoms with Gasteiger partial charge in [0.25, 0.3) is 5.91 Å². The number of rotatable bonds is 3. The van der Waals surface area contributed by atoms with Crippen LogP contribution in [0.1, 0.15) is 41.0 Å². The number of aromatic amines is 1. The molecule has 18 heavy (non-hydrogen) atoms. The number of amides is 1. The third kappa shape index (κ3) is 2.72. The lowest BCUT2D eigenvalue weighted by Gasteiger charge is -2.32. The summed E-state index contributed by atoms with van der Waals surface area (Å²) < 4.78 is 0. The summed E-state index contributed by atoms with van der Waals surface area (Å²) in [5.41, 5.74) is 2.29. The predicted molar refractivity (Wildman–Crippen MR) is 70.7 cm³/mol. The monoisotopic (exact) mass is 250 g/mol. The van der Waals surface area contributed by atoms with E-state index in [9.17, 15) is 4.79 Å². The predicted octanol–water partition coefficient (Wildman–Crippen LogP) is 1.24. The topological polar surface area (TPSA) is 61.0 Å². The Hall–Kier alpha value is -1.36. The maximum Gasteiger partial charge on any atom is 0.255 e. The number of carbonyl (C=O) groups excluding carboxylic acids is 1. The molecule has 1 fully saturated rings. The van der Waals surface area contributed by atoms with Gasteiger partial charge in [-0.2, -0.15) is 5.10 Å². The van der Waals surface area contributed by atoms with Crippen LogP contribution in [-0.4, -0.2) is 47.2 Å². The lowest BCUT2D eigenvalue weighted by atomic mass is 10.0. The van der Waals surface area contributed by atoms with Gasteiger partial charge in [0.15, 0.2) is 0 Å². The molecule has 2 rings (SSSR count). The Morgan fingerprint density at radius 3 is 2.89 bits per heavy atom. The first-order valence-electron chi connectivity index (χ1n) is 6.59. The number of piperidine rings is 1. The Bertz CT molecular complexity index is 407. The van der Waals surface area contributed by atoms with Crippen LogP contribution in [0.15, 0.2) is 0 Å². The second-order valence-electron chi connectivity index (χ2n) is 5.15. The summed E-state index contributed by atoms with van der Waals surface area (Å²) in [6, 6.07) is 0.468. The maximum absolute atomic E-state index is 12.1. The standard InChI is InChI=1S/C13H22N4O/c1-9-12(10(2)16-15-9)13(18)14-8-11-6-4-5-7-17(11)3/h11H,4-8H2,1-3H3,(H,14,18)(H,15,16). The lowest BCUT2D eigenvalue weighted by molar-refractivity contribution is 0.0927. The van der Waals surface area contributed by atoms with Crippen LogP contribution in [0.25, 0.3) is 0 Å². The van der Waals surface area contributed by atoms with Crippen LogP contribution in [-0.2, 0) is 0 Å². The zero-order valence-corrected chi connectivity index (χ0v) is 11.4. The fourth-order valence-corrected chi connectivity index (χ4v) is 2.59. The molecule has 2 heterocycles. The molecule has 1 aromatic heterocycles. The van der Waals surface area contributed by atoms with Crippen molar-refractivity contribution < 1.29 is 4.79 Å². The van der Waals surface area contributed by atoms with Gasteiger partial charge >= 0.3 is 0 Å². The van der Waals surface area contributed by atoms with E-state index in [1.54, 1.807) is 0 Å². The van der Waals surface area contributed by atoms with Gasteiger partial charge in [0.2, 0.25) is 0 Å². The molecule has 1 aromatic rings. The summed E-state index contributed by atoms with van der Waals surface area (Å²) in [5.74, 6) is -0.0160. The minimum atomic E-state index is -0.0160. The minimum absolute atomic E-state index is 0.0160. The molecule has 1 aliphatic heterocycles. The molecular weight excluding hydrogens is 228 g/mol. The fraction of sp³-hybridized carbons (Fsp3) is 0.692. The molecule has 2 N–H and O–H groups in total. The van der Waals surface area contributed by atoms with Gasteiger partial charge in [-0.15, -0.1) is 0 Å². The summed E-state index contributed by atoms with van der Waals surface area (Å²) in [6.07, 6.45) is 3.69. The Kier molecular flexibility index (Phi) is 4.01. The molecule has 1 aliphatic rings. The molecule has 5 heteroatoms. The van der Waals surface area contributed by atoms with Crippen LogP contribution >= 0.6 is 0 Å². The summed E-state index contributed by atoms with van der Waals surface area (Å²) >= 11 is 0. The van der Waals surface area contributed by atoms with Crippen LogP contribution in [0.4, 0.5) is 0 Å². The number of aromatic nitrogens is 2. The lowest BCUT2D eigenvalue weighted by Crippen LogP contribution is -2.44. The minimum Gasteiger partial charge on any atom is -0.350 e. The molecule has 100 valence electrons. The highest BCUT2D eigenvalue weighted by Crippen LogP contribution is 2.14. The second kappa shape index (κ2) is 5.52. The van der Waals surface area contributed by atoms with Crippen molar-refractivity contribution in [3.63, 3.8) is 0 Å². The molecule has 0 radical (unpaired) electrons. The average Bonchev–Trinajstić information content (AvgIpc) is 2.68. The highest BCUT2D eigenvalue weighted by atomic mass is 16.1. The molecule has 0 aliphatic carbocycles. The van der Waals surface area contributed by atoms with Gasteiger partial charge in [-0.1, -0.05) is 6.42 Å². The van der Waals surface area contributed by atoms with E-state index in [0.717, 1.165) is 24.5 Å². The van der Waals surface area contributed by atoms with Gasteiger partial charge in [0.1, 0.15) is 0 Å². The zero-order chi connectivity index (χ0) is 13.1. The highest BCUT2D eigenvalue weighted by Gasteiger charge is 2.21. The largest absolute Gasteiger partial charge is 0.350 e. The summed E-state index contributed by atoms with van der Waals surface area (Å²) in [7, 11) is 2.13. The van der Waals surface area contributed by atoms with E-state index in [2.05, 4.69) is 27.5 Å². The summed E-state index contributed by atoms with van der Waals surface area (Å²) in [4.78, 5) is 14.4. The fourth-order valence-electron chi connectivity index (χ4n) is 2.59. The number of nitrogens with zero attached hydrogens (tertiary/aromatic N) is 2. The number of hydrogen-bond acceptors (Lipinski definition) is 3. The number of aryl methyl sites for hydroxylation is 2. The third-order valence-electron chi connectivity index (χ3n) is 3.77. The molecule has 1 amide bonds. The number of carbonyl (C=O) groups is 1. The first kappa shape index (κ1) is 13.1. The quantitative estimate of drug-likeness (QED) is 0.848. The number of H-pyrrole nitrogens is 1. The number of hydrogen-bond donors (Lipinski definition) is 2. The van der Waals surface area contributed by atoms with E-state index >= 15 is 0 Å². The SMILES string of the molecule is Cc1n[nH]c(C)c1C(=O)NCC1CCCCN1C. The molecule has 0 aromatic carbocycles. The van der Waals surface area contributed by atoms with E-state index in [4.69, 9.17) is 0 Å². The average molecular weight is 250 g/mol. The van der Waals surface area contributed by atoms with E-state index in [1.165, 1.54) is 19.3 Å². The number of likely N-dealkylation sites (tertiary alicyclic amines) is 1. The van der Waals surface area contributed by atoms with Crippen molar-refractivity contribution in [2.45, 2.75) is 39.2 Å². The van der Waals surface area contributed by atoms with Crippen molar-refractivity contribution in [2.75, 3.05) is 20.1 Å². The molecule has 0 bridgehead atoms. The molecule has 0 spiro atoms. The van der Waals surface area contributed by atoms with E-state index in [1.807, 2.05) is 13.8 Å². The van der Waals surface area contributed by atoms with Crippen LogP contribution in [0.3, 0.4) is 0 Å². The van der Waals surface area contributed by atoms with Gasteiger partial charge in [-0.25, -0.2) is 0 Å². The van der Waals surface area contributed by atoms with Crippen molar-refractivity contribution in [3.8, 4) is 0 Å². The number of nitrogens with one attached hydrogen (secondary N) is 2. The Labute approximate surface area is 108 Å². The van der Waals surface area contributed by atoms with Crippen molar-refractivity contribution >= 4 is 5.91 Å².